The molecule has 1 unspecified atom stereocenters. The number of allylic oxidation sites excluding steroid dienone is 1. The van der Waals surface area contributed by atoms with E-state index in [1.165, 1.54) is 5.41 Å². The number of ether oxygens (including phenoxy) is 1. The van der Waals surface area contributed by atoms with E-state index in [9.17, 15) is 13.2 Å². The topological polar surface area (TPSA) is 78.3 Å². The van der Waals surface area contributed by atoms with E-state index in [0.29, 0.717) is 0 Å². The number of sulfone groups is 1. The van der Waals surface area contributed by atoms with Crippen LogP contribution in [0.5, 0.6) is 0 Å². The van der Waals surface area contributed by atoms with Crippen LogP contribution in [0.3, 0.4) is 0 Å². The molecular formula is C22H20N2O4S. The molecule has 0 bridgehead atoms. The van der Waals surface area contributed by atoms with Gasteiger partial charge in [0.2, 0.25) is 0 Å². The van der Waals surface area contributed by atoms with Crippen LogP contribution in [0.25, 0.3) is 16.9 Å². The quantitative estimate of drug-likeness (QED) is 0.583. The van der Waals surface area contributed by atoms with Gasteiger partial charge in [-0.05, 0) is 12.1 Å². The molecule has 1 aliphatic heterocycles. The van der Waals surface area contributed by atoms with Gasteiger partial charge in [0.25, 0.3) is 0 Å². The second-order valence-electron chi connectivity index (χ2n) is 6.93. The van der Waals surface area contributed by atoms with Crippen LogP contribution in [0.4, 0.5) is 0 Å². The third-order valence-corrected chi connectivity index (χ3v) is 6.14. The van der Waals surface area contributed by atoms with E-state index in [2.05, 4.69) is 5.10 Å². The lowest BCUT2D eigenvalue weighted by atomic mass is 10.1. The first-order valence-electron chi connectivity index (χ1n) is 9.26. The maximum atomic E-state index is 12.2. The number of carbonyl (C=O) groups excluding carboxylic acids is 1. The molecule has 0 N–H and O–H groups in total. The first-order valence-corrected chi connectivity index (χ1v) is 11.0. The SMILES string of the molecule is O=C(CC1C=CS(=O)(=O)C1)OCc1cn(-c2ccccc2)nc1-c1ccccc1. The molecule has 148 valence electrons. The number of rotatable bonds is 6. The highest BCUT2D eigenvalue weighted by atomic mass is 32.2. The Morgan fingerprint density at radius 1 is 1.07 bits per heavy atom. The number of esters is 1. The number of benzene rings is 2. The fraction of sp³-hybridized carbons (Fsp3) is 0.182. The summed E-state index contributed by atoms with van der Waals surface area (Å²) in [7, 11) is -3.18. The van der Waals surface area contributed by atoms with Crippen molar-refractivity contribution >= 4 is 15.8 Å². The van der Waals surface area contributed by atoms with E-state index in [0.717, 1.165) is 22.5 Å². The number of aromatic nitrogens is 2. The summed E-state index contributed by atoms with van der Waals surface area (Å²) in [6.45, 7) is 0.0685. The summed E-state index contributed by atoms with van der Waals surface area (Å²) in [5.74, 6) is -0.792. The third kappa shape index (κ3) is 4.63. The smallest absolute Gasteiger partial charge is 0.306 e. The second-order valence-corrected chi connectivity index (χ2v) is 8.86. The van der Waals surface area contributed by atoms with Gasteiger partial charge in [-0.3, -0.25) is 4.79 Å². The molecule has 1 aromatic heterocycles. The van der Waals surface area contributed by atoms with Crippen molar-refractivity contribution in [2.75, 3.05) is 5.75 Å². The molecule has 0 saturated heterocycles. The summed E-state index contributed by atoms with van der Waals surface area (Å²) < 4.78 is 30.2. The highest BCUT2D eigenvalue weighted by Gasteiger charge is 2.24. The van der Waals surface area contributed by atoms with Crippen LogP contribution in [0, 0.1) is 5.92 Å². The lowest BCUT2D eigenvalue weighted by Gasteiger charge is -2.08. The molecule has 1 aliphatic rings. The fourth-order valence-corrected chi connectivity index (χ4v) is 4.66. The molecule has 0 spiro atoms. The van der Waals surface area contributed by atoms with E-state index in [1.54, 1.807) is 10.8 Å². The maximum absolute atomic E-state index is 12.2. The molecule has 29 heavy (non-hydrogen) atoms. The largest absolute Gasteiger partial charge is 0.461 e. The van der Waals surface area contributed by atoms with Gasteiger partial charge >= 0.3 is 5.97 Å². The molecule has 6 nitrogen and oxygen atoms in total. The summed E-state index contributed by atoms with van der Waals surface area (Å²) in [5, 5.41) is 5.85. The zero-order valence-electron chi connectivity index (χ0n) is 15.6. The summed E-state index contributed by atoms with van der Waals surface area (Å²) in [6, 6.07) is 19.4. The molecule has 0 fully saturated rings. The number of carbonyl (C=O) groups is 1. The van der Waals surface area contributed by atoms with E-state index in [4.69, 9.17) is 4.74 Å². The van der Waals surface area contributed by atoms with Gasteiger partial charge in [0.05, 0.1) is 23.6 Å². The summed E-state index contributed by atoms with van der Waals surface area (Å²) in [5.41, 5.74) is 3.36. The van der Waals surface area contributed by atoms with Crippen LogP contribution in [0.2, 0.25) is 0 Å². The Kier molecular flexibility index (Phi) is 5.31. The minimum Gasteiger partial charge on any atom is -0.461 e. The first-order chi connectivity index (χ1) is 14.0. The van der Waals surface area contributed by atoms with Crippen LogP contribution in [-0.2, 0) is 26.0 Å². The Balaban J connectivity index is 1.52. The van der Waals surface area contributed by atoms with Crippen LogP contribution in [0.15, 0.2) is 78.3 Å². The molecule has 0 radical (unpaired) electrons. The van der Waals surface area contributed by atoms with E-state index in [-0.39, 0.29) is 24.7 Å². The van der Waals surface area contributed by atoms with Crippen LogP contribution >= 0.6 is 0 Å². The highest BCUT2D eigenvalue weighted by molar-refractivity contribution is 7.94. The van der Waals surface area contributed by atoms with E-state index in [1.807, 2.05) is 66.9 Å². The minimum absolute atomic E-state index is 0.0384. The standard InChI is InChI=1S/C22H20N2O4S/c25-21(13-17-11-12-29(26,27)16-17)28-15-19-14-24(20-9-5-2-6-10-20)23-22(19)18-7-3-1-4-8-18/h1-12,14,17H,13,15-16H2. The van der Waals surface area contributed by atoms with E-state index < -0.39 is 15.8 Å². The van der Waals surface area contributed by atoms with Gasteiger partial charge < -0.3 is 4.74 Å². The molecule has 4 rings (SSSR count). The highest BCUT2D eigenvalue weighted by Crippen LogP contribution is 2.25. The fourth-order valence-electron chi connectivity index (χ4n) is 3.27. The number of hydrogen-bond acceptors (Lipinski definition) is 5. The zero-order chi connectivity index (χ0) is 20.3. The van der Waals surface area contributed by atoms with Gasteiger partial charge in [-0.25, -0.2) is 13.1 Å². The van der Waals surface area contributed by atoms with Crippen molar-refractivity contribution in [2.45, 2.75) is 13.0 Å². The summed E-state index contributed by atoms with van der Waals surface area (Å²) >= 11 is 0. The van der Waals surface area contributed by atoms with Crippen molar-refractivity contribution in [3.63, 3.8) is 0 Å². The molecule has 7 heteroatoms. The van der Waals surface area contributed by atoms with Gasteiger partial charge in [-0.2, -0.15) is 5.10 Å². The lowest BCUT2D eigenvalue weighted by molar-refractivity contribution is -0.145. The lowest BCUT2D eigenvalue weighted by Crippen LogP contribution is -2.13. The van der Waals surface area contributed by atoms with Gasteiger partial charge in [-0.15, -0.1) is 0 Å². The Labute approximate surface area is 169 Å². The molecule has 0 amide bonds. The van der Waals surface area contributed by atoms with Crippen LogP contribution in [0.1, 0.15) is 12.0 Å². The normalized spacial score (nSPS) is 17.3. The van der Waals surface area contributed by atoms with Gasteiger partial charge in [0.1, 0.15) is 6.61 Å². The summed E-state index contributed by atoms with van der Waals surface area (Å²) in [6.07, 6.45) is 3.45. The average Bonchev–Trinajstić information content (AvgIpc) is 3.30. The van der Waals surface area contributed by atoms with Crippen molar-refractivity contribution in [1.29, 1.82) is 0 Å². The van der Waals surface area contributed by atoms with Crippen molar-refractivity contribution in [2.24, 2.45) is 5.92 Å². The Hall–Kier alpha value is -3.19. The number of hydrogen-bond donors (Lipinski definition) is 0. The predicted octanol–water partition coefficient (Wildman–Crippen LogP) is 3.53. The number of nitrogens with zero attached hydrogens (tertiary/aromatic N) is 2. The third-order valence-electron chi connectivity index (χ3n) is 4.68. The summed E-state index contributed by atoms with van der Waals surface area (Å²) in [4.78, 5) is 12.2. The molecular weight excluding hydrogens is 388 g/mol. The average molecular weight is 408 g/mol. The Bertz CT molecular complexity index is 1140. The van der Waals surface area contributed by atoms with Crippen molar-refractivity contribution < 1.29 is 17.9 Å². The molecule has 3 aromatic rings. The van der Waals surface area contributed by atoms with Crippen molar-refractivity contribution in [1.82, 2.24) is 9.78 Å². The molecule has 1 atom stereocenters. The van der Waals surface area contributed by atoms with Gasteiger partial charge in [-0.1, -0.05) is 54.6 Å². The Morgan fingerprint density at radius 2 is 1.76 bits per heavy atom. The first kappa shape index (κ1) is 19.1. The second kappa shape index (κ2) is 8.05. The van der Waals surface area contributed by atoms with Gasteiger partial charge in [0.15, 0.2) is 9.84 Å². The maximum Gasteiger partial charge on any atom is 0.306 e. The minimum atomic E-state index is -3.18. The Morgan fingerprint density at radius 3 is 2.41 bits per heavy atom. The van der Waals surface area contributed by atoms with Crippen LogP contribution in [-0.4, -0.2) is 29.9 Å². The van der Waals surface area contributed by atoms with Gasteiger partial charge in [0, 0.05) is 28.6 Å². The monoisotopic (exact) mass is 408 g/mol. The molecule has 0 aliphatic carbocycles. The molecule has 0 saturated carbocycles. The van der Waals surface area contributed by atoms with Crippen LogP contribution < -0.4 is 0 Å². The van der Waals surface area contributed by atoms with Crippen molar-refractivity contribution in [3.8, 4) is 16.9 Å². The van der Waals surface area contributed by atoms with E-state index >= 15 is 0 Å². The zero-order valence-corrected chi connectivity index (χ0v) is 16.5. The van der Waals surface area contributed by atoms with Crippen molar-refractivity contribution in [3.05, 3.63) is 83.9 Å². The molecule has 2 aromatic carbocycles. The number of para-hydroxylation sites is 1. The molecule has 2 heterocycles. The predicted molar refractivity (Wildman–Crippen MR) is 110 cm³/mol.